The van der Waals surface area contributed by atoms with Crippen molar-refractivity contribution < 1.29 is 55.1 Å². The molecule has 0 aromatic carbocycles. The second-order valence-electron chi connectivity index (χ2n) is 5.53. The molecule has 8 N–H and O–H groups in total. The first-order chi connectivity index (χ1) is 10.8. The van der Waals surface area contributed by atoms with Gasteiger partial charge in [0.25, 0.3) is 0 Å². The fourth-order valence-corrected chi connectivity index (χ4v) is 2.55. The van der Waals surface area contributed by atoms with Crippen LogP contribution in [0.2, 0.25) is 0 Å². The topological polar surface area (TPSA) is 190 Å². The molecule has 136 valence electrons. The van der Waals surface area contributed by atoms with Crippen molar-refractivity contribution in [3.05, 3.63) is 0 Å². The van der Waals surface area contributed by atoms with Crippen molar-refractivity contribution in [3.63, 3.8) is 0 Å². The SMILES string of the molecule is OC[C@@H]1O[C@H](O)[C@@H](O[C@@H]2O[C@H](CO)[C@@H](O)[C@@H](O)[C@@H]2O)[C@H](O)[C@H]1O. The smallest absolute Gasteiger partial charge is 0.187 e. The Bertz CT molecular complexity index is 380. The van der Waals surface area contributed by atoms with Crippen LogP contribution in [0, 0.1) is 0 Å². The number of hydrogen-bond donors (Lipinski definition) is 8. The van der Waals surface area contributed by atoms with Crippen molar-refractivity contribution >= 4 is 0 Å². The lowest BCUT2D eigenvalue weighted by Crippen LogP contribution is -2.64. The van der Waals surface area contributed by atoms with Crippen molar-refractivity contribution in [2.75, 3.05) is 13.2 Å². The second kappa shape index (κ2) is 7.63. The van der Waals surface area contributed by atoms with Gasteiger partial charge in [-0.1, -0.05) is 0 Å². The summed E-state index contributed by atoms with van der Waals surface area (Å²) in [5.74, 6) is 0. The lowest BCUT2D eigenvalue weighted by molar-refractivity contribution is -0.361. The summed E-state index contributed by atoms with van der Waals surface area (Å²) in [6, 6.07) is 0. The zero-order valence-corrected chi connectivity index (χ0v) is 12.0. The molecule has 0 aromatic heterocycles. The van der Waals surface area contributed by atoms with Gasteiger partial charge in [-0.2, -0.15) is 0 Å². The maximum Gasteiger partial charge on any atom is 0.187 e. The van der Waals surface area contributed by atoms with Crippen LogP contribution in [0.5, 0.6) is 0 Å². The molecule has 0 amide bonds. The number of aliphatic hydroxyl groups is 8. The van der Waals surface area contributed by atoms with Gasteiger partial charge in [0.15, 0.2) is 12.6 Å². The zero-order valence-electron chi connectivity index (χ0n) is 12.0. The van der Waals surface area contributed by atoms with Crippen LogP contribution in [-0.4, -0.2) is 115 Å². The van der Waals surface area contributed by atoms with E-state index in [0.717, 1.165) is 0 Å². The summed E-state index contributed by atoms with van der Waals surface area (Å²) in [6.07, 6.45) is -15.6. The Morgan fingerprint density at radius 3 is 1.74 bits per heavy atom. The van der Waals surface area contributed by atoms with E-state index in [0.29, 0.717) is 0 Å². The highest BCUT2D eigenvalue weighted by atomic mass is 16.7. The second-order valence-corrected chi connectivity index (χ2v) is 5.53. The molecule has 23 heavy (non-hydrogen) atoms. The van der Waals surface area contributed by atoms with Crippen LogP contribution in [-0.2, 0) is 14.2 Å². The third-order valence-electron chi connectivity index (χ3n) is 3.98. The van der Waals surface area contributed by atoms with Gasteiger partial charge in [-0.3, -0.25) is 0 Å². The van der Waals surface area contributed by atoms with E-state index in [1.165, 1.54) is 0 Å². The molecule has 2 saturated heterocycles. The van der Waals surface area contributed by atoms with Gasteiger partial charge >= 0.3 is 0 Å². The largest absolute Gasteiger partial charge is 0.394 e. The molecule has 0 saturated carbocycles. The Kier molecular flexibility index (Phi) is 6.27. The summed E-state index contributed by atoms with van der Waals surface area (Å²) < 4.78 is 15.1. The van der Waals surface area contributed by atoms with Crippen molar-refractivity contribution in [3.8, 4) is 0 Å². The van der Waals surface area contributed by atoms with E-state index in [4.69, 9.17) is 24.4 Å². The number of rotatable bonds is 4. The van der Waals surface area contributed by atoms with E-state index >= 15 is 0 Å². The fourth-order valence-electron chi connectivity index (χ4n) is 2.55. The summed E-state index contributed by atoms with van der Waals surface area (Å²) in [5, 5.41) is 76.7. The van der Waals surface area contributed by atoms with Crippen LogP contribution >= 0.6 is 0 Å². The Hall–Kier alpha value is -0.440. The normalized spacial score (nSPS) is 51.7. The predicted molar refractivity (Wildman–Crippen MR) is 68.6 cm³/mol. The molecule has 11 heteroatoms. The Morgan fingerprint density at radius 1 is 0.652 bits per heavy atom. The fraction of sp³-hybridized carbons (Fsp3) is 1.00. The standard InChI is InChI=1S/C12H22O11/c13-1-3-6(16)8(18)10(11(20)21-3)23-12-9(19)7(17)5(15)4(2-14)22-12/h3-20H,1-2H2/t3-,4+,5+,6-,7+,8+,9-,10-,11-,12-/m0/s1. The maximum atomic E-state index is 9.94. The molecular formula is C12H22O11. The monoisotopic (exact) mass is 342 g/mol. The first-order valence-corrected chi connectivity index (χ1v) is 7.08. The highest BCUT2D eigenvalue weighted by molar-refractivity contribution is 4.93. The molecular weight excluding hydrogens is 320 g/mol. The molecule has 2 aliphatic heterocycles. The summed E-state index contributed by atoms with van der Waals surface area (Å²) in [6.45, 7) is -1.33. The van der Waals surface area contributed by atoms with E-state index < -0.39 is 74.6 Å². The molecule has 0 unspecified atom stereocenters. The van der Waals surface area contributed by atoms with Crippen LogP contribution in [0.15, 0.2) is 0 Å². The third-order valence-corrected chi connectivity index (χ3v) is 3.98. The van der Waals surface area contributed by atoms with Crippen LogP contribution in [0.1, 0.15) is 0 Å². The average Bonchev–Trinajstić information content (AvgIpc) is 2.54. The number of hydrogen-bond acceptors (Lipinski definition) is 11. The van der Waals surface area contributed by atoms with Gasteiger partial charge < -0.3 is 55.1 Å². The van der Waals surface area contributed by atoms with Crippen LogP contribution in [0.25, 0.3) is 0 Å². The molecule has 0 bridgehead atoms. The Morgan fingerprint density at radius 2 is 1.17 bits per heavy atom. The van der Waals surface area contributed by atoms with E-state index in [-0.39, 0.29) is 0 Å². The van der Waals surface area contributed by atoms with Crippen LogP contribution < -0.4 is 0 Å². The minimum atomic E-state index is -1.75. The highest BCUT2D eigenvalue weighted by Crippen LogP contribution is 2.28. The molecule has 0 spiro atoms. The number of ether oxygens (including phenoxy) is 3. The zero-order chi connectivity index (χ0) is 17.3. The summed E-state index contributed by atoms with van der Waals surface area (Å²) in [5.41, 5.74) is 0. The summed E-state index contributed by atoms with van der Waals surface area (Å²) in [4.78, 5) is 0. The van der Waals surface area contributed by atoms with Crippen LogP contribution in [0.3, 0.4) is 0 Å². The molecule has 0 aliphatic carbocycles. The molecule has 2 fully saturated rings. The van der Waals surface area contributed by atoms with Gasteiger partial charge in [-0.15, -0.1) is 0 Å². The quantitative estimate of drug-likeness (QED) is 0.243. The van der Waals surface area contributed by atoms with Crippen molar-refractivity contribution in [2.45, 2.75) is 61.4 Å². The summed E-state index contributed by atoms with van der Waals surface area (Å²) >= 11 is 0. The first-order valence-electron chi connectivity index (χ1n) is 7.08. The van der Waals surface area contributed by atoms with Gasteiger partial charge in [-0.25, -0.2) is 0 Å². The van der Waals surface area contributed by atoms with Gasteiger partial charge in [0, 0.05) is 0 Å². The third kappa shape index (κ3) is 3.65. The maximum absolute atomic E-state index is 9.94. The molecule has 10 atom stereocenters. The first kappa shape index (κ1) is 18.9. The lowest BCUT2D eigenvalue weighted by Gasteiger charge is -2.44. The molecule has 2 rings (SSSR count). The average molecular weight is 342 g/mol. The molecule has 11 nitrogen and oxygen atoms in total. The van der Waals surface area contributed by atoms with Gasteiger partial charge in [0.1, 0.15) is 48.8 Å². The van der Waals surface area contributed by atoms with Crippen LogP contribution in [0.4, 0.5) is 0 Å². The van der Waals surface area contributed by atoms with E-state index in [2.05, 4.69) is 0 Å². The Balaban J connectivity index is 2.08. The molecule has 2 heterocycles. The van der Waals surface area contributed by atoms with Gasteiger partial charge in [-0.05, 0) is 0 Å². The van der Waals surface area contributed by atoms with Crippen molar-refractivity contribution in [1.29, 1.82) is 0 Å². The Labute approximate surface area is 130 Å². The minimum absolute atomic E-state index is 0.651. The molecule has 2 aliphatic rings. The van der Waals surface area contributed by atoms with Crippen molar-refractivity contribution in [2.24, 2.45) is 0 Å². The highest BCUT2D eigenvalue weighted by Gasteiger charge is 2.50. The minimum Gasteiger partial charge on any atom is -0.394 e. The van der Waals surface area contributed by atoms with Gasteiger partial charge in [0.05, 0.1) is 13.2 Å². The van der Waals surface area contributed by atoms with Crippen molar-refractivity contribution in [1.82, 2.24) is 0 Å². The van der Waals surface area contributed by atoms with E-state index in [1.54, 1.807) is 0 Å². The van der Waals surface area contributed by atoms with Gasteiger partial charge in [0.2, 0.25) is 0 Å². The molecule has 0 aromatic rings. The predicted octanol–water partition coefficient (Wildman–Crippen LogP) is -5.40. The lowest BCUT2D eigenvalue weighted by atomic mass is 9.97. The van der Waals surface area contributed by atoms with E-state index in [9.17, 15) is 30.6 Å². The van der Waals surface area contributed by atoms with E-state index in [1.807, 2.05) is 0 Å². The molecule has 0 radical (unpaired) electrons. The summed E-state index contributed by atoms with van der Waals surface area (Å²) in [7, 11) is 0. The number of aliphatic hydroxyl groups excluding tert-OH is 8.